The van der Waals surface area contributed by atoms with Crippen molar-refractivity contribution in [3.05, 3.63) is 30.2 Å². The van der Waals surface area contributed by atoms with Gasteiger partial charge in [0, 0.05) is 13.2 Å². The van der Waals surface area contributed by atoms with Crippen LogP contribution in [0, 0.1) is 6.92 Å². The molecule has 2 aromatic heterocycles. The van der Waals surface area contributed by atoms with Crippen molar-refractivity contribution in [2.75, 3.05) is 7.05 Å². The number of nitrogens with zero attached hydrogens (tertiary/aromatic N) is 2. The molecular weight excluding hydrogens is 230 g/mol. The Hall–Kier alpha value is -2.04. The number of aromatic nitrogens is 2. The van der Waals surface area contributed by atoms with E-state index in [-0.39, 0.29) is 5.91 Å². The largest absolute Gasteiger partial charge is 0.463 e. The van der Waals surface area contributed by atoms with Crippen molar-refractivity contribution in [1.82, 2.24) is 15.1 Å². The van der Waals surface area contributed by atoms with E-state index in [0.29, 0.717) is 5.76 Å². The Morgan fingerprint density at radius 1 is 1.50 bits per heavy atom. The molecule has 96 valence electrons. The number of likely N-dealkylation sites (N-methyl/N-ethyl adjacent to an activating group) is 1. The number of nitrogens with one attached hydrogen (secondary N) is 1. The van der Waals surface area contributed by atoms with E-state index < -0.39 is 5.54 Å². The van der Waals surface area contributed by atoms with Crippen molar-refractivity contribution in [3.63, 3.8) is 0 Å². The molecule has 0 atom stereocenters. The standard InChI is InChI=1S/C13H17N3O2/c1-9-8-16(13(2,3)12(17)14-4)15-11(9)10-6-5-7-18-10/h5-8H,1-4H3,(H,14,17). The van der Waals surface area contributed by atoms with E-state index >= 15 is 0 Å². The average molecular weight is 247 g/mol. The van der Waals surface area contributed by atoms with Crippen LogP contribution in [0.2, 0.25) is 0 Å². The highest BCUT2D eigenvalue weighted by Gasteiger charge is 2.30. The van der Waals surface area contributed by atoms with Crippen LogP contribution in [0.1, 0.15) is 19.4 Å². The van der Waals surface area contributed by atoms with E-state index in [2.05, 4.69) is 10.4 Å². The predicted octanol–water partition coefficient (Wildman–Crippen LogP) is 1.93. The molecule has 0 unspecified atom stereocenters. The number of furan rings is 1. The fourth-order valence-corrected chi connectivity index (χ4v) is 1.81. The Kier molecular flexibility index (Phi) is 2.98. The van der Waals surface area contributed by atoms with Gasteiger partial charge < -0.3 is 9.73 Å². The van der Waals surface area contributed by atoms with Gasteiger partial charge >= 0.3 is 0 Å². The molecule has 0 saturated carbocycles. The Morgan fingerprint density at radius 2 is 2.22 bits per heavy atom. The predicted molar refractivity (Wildman–Crippen MR) is 68.1 cm³/mol. The quantitative estimate of drug-likeness (QED) is 0.901. The zero-order valence-electron chi connectivity index (χ0n) is 11.0. The highest BCUT2D eigenvalue weighted by atomic mass is 16.3. The number of carbonyl (C=O) groups excluding carboxylic acids is 1. The van der Waals surface area contributed by atoms with Crippen LogP contribution in [0.4, 0.5) is 0 Å². The first-order valence-corrected chi connectivity index (χ1v) is 5.79. The van der Waals surface area contributed by atoms with E-state index in [4.69, 9.17) is 4.42 Å². The fraction of sp³-hybridized carbons (Fsp3) is 0.385. The molecule has 0 spiro atoms. The van der Waals surface area contributed by atoms with Crippen molar-refractivity contribution in [2.45, 2.75) is 26.3 Å². The third kappa shape index (κ3) is 1.92. The van der Waals surface area contributed by atoms with Gasteiger partial charge in [-0.1, -0.05) is 0 Å². The van der Waals surface area contributed by atoms with Gasteiger partial charge in [0.15, 0.2) is 5.76 Å². The molecule has 1 amide bonds. The summed E-state index contributed by atoms with van der Waals surface area (Å²) in [5.74, 6) is 0.620. The van der Waals surface area contributed by atoms with Gasteiger partial charge in [-0.2, -0.15) is 5.10 Å². The molecule has 0 radical (unpaired) electrons. The van der Waals surface area contributed by atoms with Gasteiger partial charge in [0.25, 0.3) is 0 Å². The van der Waals surface area contributed by atoms with Gasteiger partial charge in [0.2, 0.25) is 5.91 Å². The first kappa shape index (κ1) is 12.4. The van der Waals surface area contributed by atoms with Gasteiger partial charge in [-0.3, -0.25) is 9.48 Å². The Morgan fingerprint density at radius 3 is 2.78 bits per heavy atom. The molecule has 1 N–H and O–H groups in total. The van der Waals surface area contributed by atoms with Crippen LogP contribution >= 0.6 is 0 Å². The Balaban J connectivity index is 2.44. The molecule has 0 aromatic carbocycles. The smallest absolute Gasteiger partial charge is 0.247 e. The lowest BCUT2D eigenvalue weighted by Crippen LogP contribution is -2.43. The van der Waals surface area contributed by atoms with Gasteiger partial charge in [0.1, 0.15) is 11.2 Å². The van der Waals surface area contributed by atoms with Crippen molar-refractivity contribution < 1.29 is 9.21 Å². The zero-order chi connectivity index (χ0) is 13.3. The molecule has 18 heavy (non-hydrogen) atoms. The molecule has 2 heterocycles. The maximum atomic E-state index is 11.8. The Bertz CT molecular complexity index is 553. The van der Waals surface area contributed by atoms with Crippen molar-refractivity contribution in [2.24, 2.45) is 0 Å². The van der Waals surface area contributed by atoms with Crippen LogP contribution in [-0.4, -0.2) is 22.7 Å². The molecule has 0 aliphatic carbocycles. The first-order valence-electron chi connectivity index (χ1n) is 5.79. The molecule has 2 aromatic rings. The summed E-state index contributed by atoms with van der Waals surface area (Å²) in [4.78, 5) is 11.8. The van der Waals surface area contributed by atoms with Crippen molar-refractivity contribution in [3.8, 4) is 11.5 Å². The minimum Gasteiger partial charge on any atom is -0.463 e. The lowest BCUT2D eigenvalue weighted by molar-refractivity contribution is -0.128. The second-order valence-corrected chi connectivity index (χ2v) is 4.72. The van der Waals surface area contributed by atoms with Crippen LogP contribution in [0.15, 0.2) is 29.0 Å². The van der Waals surface area contributed by atoms with Crippen LogP contribution in [0.3, 0.4) is 0 Å². The SMILES string of the molecule is CNC(=O)C(C)(C)n1cc(C)c(-c2ccco2)n1. The van der Waals surface area contributed by atoms with E-state index in [1.54, 1.807) is 18.0 Å². The van der Waals surface area contributed by atoms with E-state index in [9.17, 15) is 4.79 Å². The third-order valence-electron chi connectivity index (χ3n) is 3.01. The second kappa shape index (κ2) is 4.33. The zero-order valence-corrected chi connectivity index (χ0v) is 11.0. The summed E-state index contributed by atoms with van der Waals surface area (Å²) in [6.07, 6.45) is 3.46. The van der Waals surface area contributed by atoms with Crippen LogP contribution < -0.4 is 5.32 Å². The lowest BCUT2D eigenvalue weighted by Gasteiger charge is -2.23. The summed E-state index contributed by atoms with van der Waals surface area (Å²) in [5, 5.41) is 7.10. The van der Waals surface area contributed by atoms with Gasteiger partial charge in [-0.25, -0.2) is 0 Å². The fourth-order valence-electron chi connectivity index (χ4n) is 1.81. The molecule has 5 heteroatoms. The average Bonchev–Trinajstić information content (AvgIpc) is 2.96. The van der Waals surface area contributed by atoms with E-state index in [1.165, 1.54) is 0 Å². The molecule has 0 bridgehead atoms. The van der Waals surface area contributed by atoms with Gasteiger partial charge in [-0.05, 0) is 38.5 Å². The normalized spacial score (nSPS) is 11.6. The summed E-state index contributed by atoms with van der Waals surface area (Å²) < 4.78 is 7.00. The molecule has 0 fully saturated rings. The third-order valence-corrected chi connectivity index (χ3v) is 3.01. The summed E-state index contributed by atoms with van der Waals surface area (Å²) in [5.41, 5.74) is 1.00. The maximum absolute atomic E-state index is 11.8. The number of rotatable bonds is 3. The highest BCUT2D eigenvalue weighted by Crippen LogP contribution is 2.25. The summed E-state index contributed by atoms with van der Waals surface area (Å²) >= 11 is 0. The Labute approximate surface area is 106 Å². The number of hydrogen-bond acceptors (Lipinski definition) is 3. The molecular formula is C13H17N3O2. The summed E-state index contributed by atoms with van der Waals surface area (Å²) in [6, 6.07) is 3.67. The molecule has 0 aliphatic heterocycles. The van der Waals surface area contributed by atoms with Crippen molar-refractivity contribution >= 4 is 5.91 Å². The summed E-state index contributed by atoms with van der Waals surface area (Å²) in [7, 11) is 1.62. The maximum Gasteiger partial charge on any atom is 0.247 e. The minimum absolute atomic E-state index is 0.0870. The lowest BCUT2D eigenvalue weighted by atomic mass is 10.1. The van der Waals surface area contributed by atoms with E-state index in [1.807, 2.05) is 39.1 Å². The molecule has 5 nitrogen and oxygen atoms in total. The van der Waals surface area contributed by atoms with Crippen LogP contribution in [-0.2, 0) is 10.3 Å². The molecule has 0 saturated heterocycles. The van der Waals surface area contributed by atoms with Gasteiger partial charge in [-0.15, -0.1) is 0 Å². The topological polar surface area (TPSA) is 60.1 Å². The highest BCUT2D eigenvalue weighted by molar-refractivity contribution is 5.83. The summed E-state index contributed by atoms with van der Waals surface area (Å²) in [6.45, 7) is 5.59. The van der Waals surface area contributed by atoms with Crippen LogP contribution in [0.25, 0.3) is 11.5 Å². The first-order chi connectivity index (χ1) is 8.46. The van der Waals surface area contributed by atoms with Crippen LogP contribution in [0.5, 0.6) is 0 Å². The molecule has 2 rings (SSSR count). The second-order valence-electron chi connectivity index (χ2n) is 4.72. The number of amides is 1. The number of carbonyl (C=O) groups is 1. The van der Waals surface area contributed by atoms with E-state index in [0.717, 1.165) is 11.3 Å². The monoisotopic (exact) mass is 247 g/mol. The molecule has 0 aliphatic rings. The van der Waals surface area contributed by atoms with Crippen molar-refractivity contribution in [1.29, 1.82) is 0 Å². The van der Waals surface area contributed by atoms with Gasteiger partial charge in [0.05, 0.1) is 6.26 Å². The number of aryl methyl sites for hydroxylation is 1. The number of hydrogen-bond donors (Lipinski definition) is 1. The minimum atomic E-state index is -0.732.